The Hall–Kier alpha value is -1.65. The number of hydrogen-bond acceptors (Lipinski definition) is 3. The van der Waals surface area contributed by atoms with E-state index < -0.39 is 29.8 Å². The van der Waals surface area contributed by atoms with Crippen LogP contribution < -0.4 is 0 Å². The minimum Gasteiger partial charge on any atom is -0.508 e. The number of phenols is 1. The smallest absolute Gasteiger partial charge is 0.310 e. The van der Waals surface area contributed by atoms with Crippen LogP contribution >= 0.6 is 0 Å². The Bertz CT molecular complexity index is 377. The fourth-order valence-electron chi connectivity index (χ4n) is 1.13. The summed E-state index contributed by atoms with van der Waals surface area (Å²) in [4.78, 5) is 11.0. The van der Waals surface area contributed by atoms with E-state index in [-0.39, 0.29) is 12.2 Å². The van der Waals surface area contributed by atoms with E-state index in [0.29, 0.717) is 6.07 Å². The molecule has 0 aliphatic heterocycles. The Kier molecular flexibility index (Phi) is 3.60. The average molecular weight is 216 g/mol. The first-order chi connectivity index (χ1) is 7.04. The van der Waals surface area contributed by atoms with Gasteiger partial charge < -0.3 is 9.84 Å². The molecule has 1 N–H and O–H groups in total. The van der Waals surface area contributed by atoms with Crippen LogP contribution in [0, 0.1) is 11.6 Å². The summed E-state index contributed by atoms with van der Waals surface area (Å²) in [6.07, 6.45) is -0.398. The molecule has 15 heavy (non-hydrogen) atoms. The molecule has 0 aliphatic carbocycles. The van der Waals surface area contributed by atoms with Crippen molar-refractivity contribution >= 4 is 5.97 Å². The molecule has 0 aliphatic rings. The fraction of sp³-hybridized carbons (Fsp3) is 0.300. The first-order valence-corrected chi connectivity index (χ1v) is 4.37. The Morgan fingerprint density at radius 1 is 1.47 bits per heavy atom. The highest BCUT2D eigenvalue weighted by Crippen LogP contribution is 2.19. The van der Waals surface area contributed by atoms with E-state index in [0.717, 1.165) is 6.07 Å². The Balaban J connectivity index is 2.89. The quantitative estimate of drug-likeness (QED) is 0.783. The zero-order valence-electron chi connectivity index (χ0n) is 8.09. The van der Waals surface area contributed by atoms with Crippen LogP contribution in [0.2, 0.25) is 0 Å². The number of halogens is 2. The lowest BCUT2D eigenvalue weighted by Crippen LogP contribution is -2.09. The van der Waals surface area contributed by atoms with E-state index in [4.69, 9.17) is 5.11 Å². The minimum atomic E-state index is -1.19. The lowest BCUT2D eigenvalue weighted by atomic mass is 10.1. The van der Waals surface area contributed by atoms with Gasteiger partial charge in [0.15, 0.2) is 11.6 Å². The highest BCUT2D eigenvalue weighted by atomic mass is 19.2. The molecule has 1 rings (SSSR count). The van der Waals surface area contributed by atoms with Crippen LogP contribution in [-0.4, -0.2) is 17.7 Å². The standard InChI is InChI=1S/C10H10F2O3/c1-2-15-9(14)4-6-3-7(13)5-8(11)10(6)12/h3,5,13H,2,4H2,1H3. The monoisotopic (exact) mass is 216 g/mol. The van der Waals surface area contributed by atoms with Crippen molar-refractivity contribution in [2.75, 3.05) is 6.61 Å². The van der Waals surface area contributed by atoms with Gasteiger partial charge in [0.05, 0.1) is 13.0 Å². The van der Waals surface area contributed by atoms with Crippen molar-refractivity contribution in [1.29, 1.82) is 0 Å². The second-order valence-electron chi connectivity index (χ2n) is 2.88. The molecule has 0 heterocycles. The summed E-state index contributed by atoms with van der Waals surface area (Å²) in [6, 6.07) is 1.64. The molecule has 0 bridgehead atoms. The van der Waals surface area contributed by atoms with Gasteiger partial charge in [-0.25, -0.2) is 8.78 Å². The molecular formula is C10H10F2O3. The summed E-state index contributed by atoms with van der Waals surface area (Å²) in [5.41, 5.74) is -0.217. The molecule has 0 atom stereocenters. The molecule has 0 unspecified atom stereocenters. The van der Waals surface area contributed by atoms with Gasteiger partial charge in [-0.2, -0.15) is 0 Å². The molecule has 0 amide bonds. The summed E-state index contributed by atoms with van der Waals surface area (Å²) in [5, 5.41) is 9.00. The second kappa shape index (κ2) is 4.72. The van der Waals surface area contributed by atoms with Crippen molar-refractivity contribution < 1.29 is 23.4 Å². The molecule has 0 spiro atoms. The maximum atomic E-state index is 13.1. The van der Waals surface area contributed by atoms with E-state index in [2.05, 4.69) is 4.74 Å². The van der Waals surface area contributed by atoms with E-state index in [9.17, 15) is 13.6 Å². The van der Waals surface area contributed by atoms with Crippen LogP contribution in [0.3, 0.4) is 0 Å². The van der Waals surface area contributed by atoms with Crippen molar-refractivity contribution in [3.63, 3.8) is 0 Å². The van der Waals surface area contributed by atoms with Crippen LogP contribution in [0.25, 0.3) is 0 Å². The molecule has 0 fully saturated rings. The third-order valence-electron chi connectivity index (χ3n) is 1.73. The van der Waals surface area contributed by atoms with Crippen molar-refractivity contribution in [3.05, 3.63) is 29.3 Å². The summed E-state index contributed by atoms with van der Waals surface area (Å²) >= 11 is 0. The Labute approximate surface area is 85.3 Å². The molecule has 1 aromatic carbocycles. The molecule has 82 valence electrons. The van der Waals surface area contributed by atoms with Gasteiger partial charge in [0.25, 0.3) is 0 Å². The fourth-order valence-corrected chi connectivity index (χ4v) is 1.13. The zero-order valence-corrected chi connectivity index (χ0v) is 8.09. The van der Waals surface area contributed by atoms with Crippen LogP contribution in [0.5, 0.6) is 5.75 Å². The van der Waals surface area contributed by atoms with Crippen LogP contribution in [0.15, 0.2) is 12.1 Å². The molecule has 0 radical (unpaired) electrons. The summed E-state index contributed by atoms with van der Waals surface area (Å²) in [7, 11) is 0. The number of benzene rings is 1. The predicted molar refractivity (Wildman–Crippen MR) is 48.4 cm³/mol. The van der Waals surface area contributed by atoms with Gasteiger partial charge in [-0.05, 0) is 13.0 Å². The van der Waals surface area contributed by atoms with Gasteiger partial charge in [0.2, 0.25) is 0 Å². The molecule has 0 aromatic heterocycles. The van der Waals surface area contributed by atoms with E-state index in [1.165, 1.54) is 0 Å². The second-order valence-corrected chi connectivity index (χ2v) is 2.88. The number of hydrogen-bond donors (Lipinski definition) is 1. The SMILES string of the molecule is CCOC(=O)Cc1cc(O)cc(F)c1F. The average Bonchev–Trinajstić information content (AvgIpc) is 2.13. The number of carbonyl (C=O) groups is 1. The zero-order chi connectivity index (χ0) is 11.4. The van der Waals surface area contributed by atoms with Gasteiger partial charge in [-0.15, -0.1) is 0 Å². The lowest BCUT2D eigenvalue weighted by Gasteiger charge is -2.04. The molecule has 5 heteroatoms. The van der Waals surface area contributed by atoms with Gasteiger partial charge >= 0.3 is 5.97 Å². The number of carbonyl (C=O) groups excluding carboxylic acids is 1. The summed E-state index contributed by atoms with van der Waals surface area (Å²) < 4.78 is 30.4. The van der Waals surface area contributed by atoms with E-state index >= 15 is 0 Å². The van der Waals surface area contributed by atoms with E-state index in [1.807, 2.05) is 0 Å². The maximum absolute atomic E-state index is 13.1. The number of phenolic OH excluding ortho intramolecular Hbond substituents is 1. The normalized spacial score (nSPS) is 10.1. The number of ether oxygens (including phenoxy) is 1. The number of rotatable bonds is 3. The third kappa shape index (κ3) is 2.90. The predicted octanol–water partition coefficient (Wildman–Crippen LogP) is 1.78. The Morgan fingerprint density at radius 2 is 2.13 bits per heavy atom. The van der Waals surface area contributed by atoms with Crippen molar-refractivity contribution in [2.45, 2.75) is 13.3 Å². The van der Waals surface area contributed by atoms with Crippen molar-refractivity contribution in [2.24, 2.45) is 0 Å². The van der Waals surface area contributed by atoms with Crippen molar-refractivity contribution in [3.8, 4) is 5.75 Å². The van der Waals surface area contributed by atoms with Gasteiger partial charge in [-0.1, -0.05) is 0 Å². The van der Waals surface area contributed by atoms with Crippen molar-refractivity contribution in [1.82, 2.24) is 0 Å². The molecule has 0 saturated heterocycles. The van der Waals surface area contributed by atoms with Gasteiger partial charge in [-0.3, -0.25) is 4.79 Å². The lowest BCUT2D eigenvalue weighted by molar-refractivity contribution is -0.142. The minimum absolute atomic E-state index is 0.168. The highest BCUT2D eigenvalue weighted by Gasteiger charge is 2.14. The topological polar surface area (TPSA) is 46.5 Å². The summed E-state index contributed by atoms with van der Waals surface area (Å²) in [6.45, 7) is 1.78. The Morgan fingerprint density at radius 3 is 2.73 bits per heavy atom. The molecule has 3 nitrogen and oxygen atoms in total. The van der Waals surface area contributed by atoms with E-state index in [1.54, 1.807) is 6.92 Å². The largest absolute Gasteiger partial charge is 0.508 e. The summed E-state index contributed by atoms with van der Waals surface area (Å²) in [5.74, 6) is -3.41. The number of esters is 1. The first kappa shape index (κ1) is 11.4. The van der Waals surface area contributed by atoms with Crippen LogP contribution in [0.4, 0.5) is 8.78 Å². The number of aromatic hydroxyl groups is 1. The first-order valence-electron chi connectivity index (χ1n) is 4.37. The van der Waals surface area contributed by atoms with Gasteiger partial charge in [0, 0.05) is 11.6 Å². The highest BCUT2D eigenvalue weighted by molar-refractivity contribution is 5.72. The van der Waals surface area contributed by atoms with Gasteiger partial charge in [0.1, 0.15) is 5.75 Å². The maximum Gasteiger partial charge on any atom is 0.310 e. The molecule has 1 aromatic rings. The molecule has 0 saturated carbocycles. The van der Waals surface area contributed by atoms with Crippen LogP contribution in [-0.2, 0) is 16.0 Å². The van der Waals surface area contributed by atoms with Crippen LogP contribution in [0.1, 0.15) is 12.5 Å². The third-order valence-corrected chi connectivity index (χ3v) is 1.73. The molecular weight excluding hydrogens is 206 g/mol.